The first kappa shape index (κ1) is 21.2. The summed E-state index contributed by atoms with van der Waals surface area (Å²) in [5.41, 5.74) is 3.83. The molecule has 170 valence electrons. The molecule has 0 aliphatic carbocycles. The van der Waals surface area contributed by atoms with E-state index in [1.165, 1.54) is 5.56 Å². The summed E-state index contributed by atoms with van der Waals surface area (Å²) in [7, 11) is 2.13. The van der Waals surface area contributed by atoms with Crippen molar-refractivity contribution < 1.29 is 4.74 Å². The Hall–Kier alpha value is -2.62. The first-order chi connectivity index (χ1) is 15.5. The molecule has 5 rings (SSSR count). The number of pyridine rings is 1. The zero-order chi connectivity index (χ0) is 22.2. The van der Waals surface area contributed by atoms with Gasteiger partial charge in [-0.1, -0.05) is 0 Å². The topological polar surface area (TPSA) is 92.2 Å². The van der Waals surface area contributed by atoms with Crippen molar-refractivity contribution in [3.05, 3.63) is 51.1 Å². The molecule has 4 heterocycles. The Bertz CT molecular complexity index is 1160. The molecule has 2 aliphatic heterocycles. The lowest BCUT2D eigenvalue weighted by molar-refractivity contribution is 0.0878. The summed E-state index contributed by atoms with van der Waals surface area (Å²) in [6, 6.07) is 5.90. The molecule has 0 radical (unpaired) electrons. The van der Waals surface area contributed by atoms with E-state index in [4.69, 9.17) is 4.74 Å². The van der Waals surface area contributed by atoms with E-state index in [0.717, 1.165) is 62.1 Å². The summed E-state index contributed by atoms with van der Waals surface area (Å²) in [5.74, 6) is 0.707. The fraction of sp³-hybridized carbons (Fsp3) is 0.565. The van der Waals surface area contributed by atoms with Crippen LogP contribution in [-0.4, -0.2) is 80.9 Å². The summed E-state index contributed by atoms with van der Waals surface area (Å²) >= 11 is 0. The van der Waals surface area contributed by atoms with Gasteiger partial charge in [0, 0.05) is 43.9 Å². The number of H-pyrrole nitrogens is 1. The Labute approximate surface area is 187 Å². The Kier molecular flexibility index (Phi) is 5.79. The fourth-order valence-corrected chi connectivity index (χ4v) is 4.79. The maximum Gasteiger partial charge on any atom is 0.253 e. The number of rotatable bonds is 5. The summed E-state index contributed by atoms with van der Waals surface area (Å²) in [6.45, 7) is 9.12. The van der Waals surface area contributed by atoms with Crippen LogP contribution in [0.25, 0.3) is 10.9 Å². The Morgan fingerprint density at radius 1 is 1.16 bits per heavy atom. The normalized spacial score (nSPS) is 21.4. The molecule has 2 saturated heterocycles. The monoisotopic (exact) mass is 437 g/mol. The van der Waals surface area contributed by atoms with Gasteiger partial charge >= 0.3 is 0 Å². The number of nitrogens with zero attached hydrogens (tertiary/aromatic N) is 6. The van der Waals surface area contributed by atoms with E-state index in [-0.39, 0.29) is 17.7 Å². The Balaban J connectivity index is 1.60. The van der Waals surface area contributed by atoms with Crippen molar-refractivity contribution in [1.29, 1.82) is 0 Å². The molecular weight excluding hydrogens is 406 g/mol. The van der Waals surface area contributed by atoms with Gasteiger partial charge in [0.1, 0.15) is 6.04 Å². The first-order valence-electron chi connectivity index (χ1n) is 11.4. The van der Waals surface area contributed by atoms with Crippen molar-refractivity contribution in [2.45, 2.75) is 45.4 Å². The van der Waals surface area contributed by atoms with Crippen LogP contribution in [-0.2, 0) is 11.3 Å². The van der Waals surface area contributed by atoms with Gasteiger partial charge < -0.3 is 14.6 Å². The molecule has 0 amide bonds. The molecular formula is C23H31N7O2. The number of piperazine rings is 1. The SMILES string of the molecule is Cc1cc2cc(C(c3nnnn3CC3CCCO3)N3CCN(C)CC3)c(=O)[nH]c2cc1C. The molecule has 2 unspecified atom stereocenters. The Morgan fingerprint density at radius 2 is 1.94 bits per heavy atom. The highest BCUT2D eigenvalue weighted by Gasteiger charge is 2.33. The van der Waals surface area contributed by atoms with Gasteiger partial charge in [-0.2, -0.15) is 0 Å². The lowest BCUT2D eigenvalue weighted by atomic mass is 10.00. The van der Waals surface area contributed by atoms with Crippen molar-refractivity contribution >= 4 is 10.9 Å². The number of ether oxygens (including phenoxy) is 1. The number of tetrazole rings is 1. The van der Waals surface area contributed by atoms with Gasteiger partial charge in [0.25, 0.3) is 5.56 Å². The molecule has 2 fully saturated rings. The first-order valence-corrected chi connectivity index (χ1v) is 11.4. The van der Waals surface area contributed by atoms with E-state index in [1.807, 2.05) is 16.8 Å². The van der Waals surface area contributed by atoms with E-state index in [9.17, 15) is 4.79 Å². The molecule has 2 atom stereocenters. The van der Waals surface area contributed by atoms with Gasteiger partial charge in [-0.3, -0.25) is 9.69 Å². The molecule has 0 saturated carbocycles. The molecule has 9 nitrogen and oxygen atoms in total. The number of likely N-dealkylation sites (N-methyl/N-ethyl adjacent to an activating group) is 1. The summed E-state index contributed by atoms with van der Waals surface area (Å²) in [4.78, 5) is 21.1. The highest BCUT2D eigenvalue weighted by atomic mass is 16.5. The van der Waals surface area contributed by atoms with Crippen LogP contribution in [0.15, 0.2) is 23.0 Å². The summed E-state index contributed by atoms with van der Waals surface area (Å²) in [5, 5.41) is 13.7. The number of aromatic amines is 1. The molecule has 0 spiro atoms. The van der Waals surface area contributed by atoms with Crippen LogP contribution in [0.5, 0.6) is 0 Å². The molecule has 3 aromatic rings. The van der Waals surface area contributed by atoms with Crippen LogP contribution in [0, 0.1) is 13.8 Å². The van der Waals surface area contributed by atoms with E-state index < -0.39 is 0 Å². The zero-order valence-electron chi connectivity index (χ0n) is 19.0. The van der Waals surface area contributed by atoms with Gasteiger partial charge in [-0.05, 0) is 78.9 Å². The maximum atomic E-state index is 13.3. The third kappa shape index (κ3) is 4.07. The number of hydrogen-bond acceptors (Lipinski definition) is 7. The highest BCUT2D eigenvalue weighted by Crippen LogP contribution is 2.29. The van der Waals surface area contributed by atoms with E-state index >= 15 is 0 Å². The molecule has 2 aromatic heterocycles. The predicted molar refractivity (Wildman–Crippen MR) is 122 cm³/mol. The predicted octanol–water partition coefficient (Wildman–Crippen LogP) is 1.65. The van der Waals surface area contributed by atoms with Crippen molar-refractivity contribution in [3.63, 3.8) is 0 Å². The summed E-state index contributed by atoms with van der Waals surface area (Å²) in [6.07, 6.45) is 2.19. The quantitative estimate of drug-likeness (QED) is 0.649. The second-order valence-corrected chi connectivity index (χ2v) is 9.17. The number of aryl methyl sites for hydroxylation is 2. The lowest BCUT2D eigenvalue weighted by Crippen LogP contribution is -2.47. The van der Waals surface area contributed by atoms with Crippen LogP contribution >= 0.6 is 0 Å². The second-order valence-electron chi connectivity index (χ2n) is 9.17. The van der Waals surface area contributed by atoms with Crippen LogP contribution in [0.1, 0.15) is 41.4 Å². The summed E-state index contributed by atoms with van der Waals surface area (Å²) < 4.78 is 7.66. The van der Waals surface area contributed by atoms with Gasteiger partial charge in [-0.15, -0.1) is 5.10 Å². The molecule has 0 bridgehead atoms. The Morgan fingerprint density at radius 3 is 2.69 bits per heavy atom. The minimum atomic E-state index is -0.310. The number of fused-ring (bicyclic) bond motifs is 1. The third-order valence-electron chi connectivity index (χ3n) is 6.89. The minimum Gasteiger partial charge on any atom is -0.376 e. The number of hydrogen-bond donors (Lipinski definition) is 1. The van der Waals surface area contributed by atoms with Crippen molar-refractivity contribution in [2.24, 2.45) is 0 Å². The number of benzene rings is 1. The third-order valence-corrected chi connectivity index (χ3v) is 6.89. The van der Waals surface area contributed by atoms with Gasteiger partial charge in [0.2, 0.25) is 0 Å². The standard InChI is InChI=1S/C23H31N7O2/c1-15-11-17-13-19(23(31)24-20(17)12-16(15)2)21(29-8-6-28(3)7-9-29)22-25-26-27-30(22)14-18-5-4-10-32-18/h11-13,18,21H,4-10,14H2,1-3H3,(H,24,31). The largest absolute Gasteiger partial charge is 0.376 e. The van der Waals surface area contributed by atoms with Gasteiger partial charge in [0.05, 0.1) is 12.6 Å². The molecule has 1 N–H and O–H groups in total. The second kappa shape index (κ2) is 8.73. The van der Waals surface area contributed by atoms with Crippen LogP contribution < -0.4 is 5.56 Å². The number of aromatic nitrogens is 5. The molecule has 1 aromatic carbocycles. The average Bonchev–Trinajstić information content (AvgIpc) is 3.44. The van der Waals surface area contributed by atoms with E-state index in [0.29, 0.717) is 17.9 Å². The highest BCUT2D eigenvalue weighted by molar-refractivity contribution is 5.81. The lowest BCUT2D eigenvalue weighted by Gasteiger charge is -2.37. The van der Waals surface area contributed by atoms with E-state index in [2.05, 4.69) is 57.3 Å². The molecule has 9 heteroatoms. The van der Waals surface area contributed by atoms with Crippen LogP contribution in [0.3, 0.4) is 0 Å². The van der Waals surface area contributed by atoms with Gasteiger partial charge in [0.15, 0.2) is 5.82 Å². The molecule has 2 aliphatic rings. The number of nitrogens with one attached hydrogen (secondary N) is 1. The van der Waals surface area contributed by atoms with Gasteiger partial charge in [-0.25, -0.2) is 4.68 Å². The van der Waals surface area contributed by atoms with Crippen LogP contribution in [0.2, 0.25) is 0 Å². The van der Waals surface area contributed by atoms with Crippen molar-refractivity contribution in [1.82, 2.24) is 35.0 Å². The van der Waals surface area contributed by atoms with Crippen molar-refractivity contribution in [3.8, 4) is 0 Å². The minimum absolute atomic E-state index is 0.0867. The van der Waals surface area contributed by atoms with Crippen molar-refractivity contribution in [2.75, 3.05) is 39.8 Å². The fourth-order valence-electron chi connectivity index (χ4n) is 4.79. The maximum absolute atomic E-state index is 13.3. The van der Waals surface area contributed by atoms with E-state index in [1.54, 1.807) is 0 Å². The average molecular weight is 438 g/mol. The molecule has 32 heavy (non-hydrogen) atoms. The smallest absolute Gasteiger partial charge is 0.253 e. The zero-order valence-corrected chi connectivity index (χ0v) is 19.0. The van der Waals surface area contributed by atoms with Crippen LogP contribution in [0.4, 0.5) is 0 Å².